The number of hydrazine groups is 1. The van der Waals surface area contributed by atoms with Gasteiger partial charge in [0, 0.05) is 25.9 Å². The molecule has 0 spiro atoms. The zero-order chi connectivity index (χ0) is 14.6. The van der Waals surface area contributed by atoms with Crippen LogP contribution in [0.2, 0.25) is 0 Å². The SMILES string of the molecule is CS(=O)(=O)c1ccc(C(O)CNN2CCCCC2)cc1. The number of rotatable bonds is 5. The molecule has 0 radical (unpaired) electrons. The van der Waals surface area contributed by atoms with Crippen molar-refractivity contribution >= 4 is 9.84 Å². The van der Waals surface area contributed by atoms with Crippen molar-refractivity contribution in [2.45, 2.75) is 30.3 Å². The minimum absolute atomic E-state index is 0.275. The Morgan fingerprint density at radius 3 is 2.35 bits per heavy atom. The van der Waals surface area contributed by atoms with E-state index in [0.29, 0.717) is 6.54 Å². The number of hydrogen-bond donors (Lipinski definition) is 2. The third kappa shape index (κ3) is 4.28. The summed E-state index contributed by atoms with van der Waals surface area (Å²) in [5, 5.41) is 12.2. The highest BCUT2D eigenvalue weighted by atomic mass is 32.2. The van der Waals surface area contributed by atoms with E-state index in [9.17, 15) is 13.5 Å². The van der Waals surface area contributed by atoms with Gasteiger partial charge in [0.05, 0.1) is 11.0 Å². The van der Waals surface area contributed by atoms with Crippen LogP contribution in [0.4, 0.5) is 0 Å². The first-order valence-corrected chi connectivity index (χ1v) is 8.82. The summed E-state index contributed by atoms with van der Waals surface area (Å²) < 4.78 is 22.7. The van der Waals surface area contributed by atoms with Crippen LogP contribution in [0.5, 0.6) is 0 Å². The fourth-order valence-corrected chi connectivity index (χ4v) is 2.95. The zero-order valence-corrected chi connectivity index (χ0v) is 12.6. The van der Waals surface area contributed by atoms with Crippen molar-refractivity contribution in [1.29, 1.82) is 0 Å². The molecule has 112 valence electrons. The molecule has 1 unspecified atom stereocenters. The van der Waals surface area contributed by atoms with Gasteiger partial charge in [-0.25, -0.2) is 13.4 Å². The summed E-state index contributed by atoms with van der Waals surface area (Å²) in [6, 6.07) is 6.40. The fourth-order valence-electron chi connectivity index (χ4n) is 2.32. The first kappa shape index (κ1) is 15.4. The lowest BCUT2D eigenvalue weighted by Gasteiger charge is -2.28. The lowest BCUT2D eigenvalue weighted by Crippen LogP contribution is -2.43. The maximum Gasteiger partial charge on any atom is 0.175 e. The van der Waals surface area contributed by atoms with Gasteiger partial charge in [-0.2, -0.15) is 0 Å². The molecule has 1 atom stereocenters. The first-order valence-electron chi connectivity index (χ1n) is 6.93. The second-order valence-electron chi connectivity index (χ2n) is 5.27. The predicted octanol–water partition coefficient (Wildman–Crippen LogP) is 1.11. The van der Waals surface area contributed by atoms with E-state index < -0.39 is 15.9 Å². The van der Waals surface area contributed by atoms with Crippen LogP contribution in [0.1, 0.15) is 30.9 Å². The molecule has 0 bridgehead atoms. The van der Waals surface area contributed by atoms with Gasteiger partial charge in [0.2, 0.25) is 0 Å². The summed E-state index contributed by atoms with van der Waals surface area (Å²) in [7, 11) is -3.18. The molecule has 0 saturated carbocycles. The Kier molecular flexibility index (Phi) is 5.15. The van der Waals surface area contributed by atoms with Crippen molar-refractivity contribution in [3.63, 3.8) is 0 Å². The summed E-state index contributed by atoms with van der Waals surface area (Å²) in [6.07, 6.45) is 4.19. The molecule has 0 aliphatic carbocycles. The van der Waals surface area contributed by atoms with Crippen molar-refractivity contribution < 1.29 is 13.5 Å². The second kappa shape index (κ2) is 6.67. The Labute approximate surface area is 120 Å². The molecular formula is C14H22N2O3S. The summed E-state index contributed by atoms with van der Waals surface area (Å²) in [4.78, 5) is 0.275. The first-order chi connectivity index (χ1) is 9.47. The smallest absolute Gasteiger partial charge is 0.175 e. The highest BCUT2D eigenvalue weighted by molar-refractivity contribution is 7.90. The van der Waals surface area contributed by atoms with Crippen molar-refractivity contribution in [3.05, 3.63) is 29.8 Å². The molecule has 1 aromatic rings. The summed E-state index contributed by atoms with van der Waals surface area (Å²) in [5.41, 5.74) is 3.95. The van der Waals surface area contributed by atoms with Crippen LogP contribution >= 0.6 is 0 Å². The molecule has 1 saturated heterocycles. The van der Waals surface area contributed by atoms with Gasteiger partial charge in [0.25, 0.3) is 0 Å². The molecule has 0 aromatic heterocycles. The van der Waals surface area contributed by atoms with Gasteiger partial charge in [0.1, 0.15) is 0 Å². The van der Waals surface area contributed by atoms with Crippen molar-refractivity contribution in [3.8, 4) is 0 Å². The van der Waals surface area contributed by atoms with E-state index in [0.717, 1.165) is 18.7 Å². The topological polar surface area (TPSA) is 69.6 Å². The largest absolute Gasteiger partial charge is 0.387 e. The van der Waals surface area contributed by atoms with Crippen LogP contribution < -0.4 is 5.43 Å². The number of aliphatic hydroxyl groups is 1. The van der Waals surface area contributed by atoms with Gasteiger partial charge in [-0.3, -0.25) is 5.43 Å². The third-order valence-electron chi connectivity index (χ3n) is 3.56. The molecule has 1 aliphatic rings. The lowest BCUT2D eigenvalue weighted by molar-refractivity contribution is 0.0996. The predicted molar refractivity (Wildman–Crippen MR) is 77.9 cm³/mol. The van der Waals surface area contributed by atoms with Crippen LogP contribution in [0.3, 0.4) is 0 Å². The third-order valence-corrected chi connectivity index (χ3v) is 4.69. The molecule has 2 rings (SSSR count). The number of nitrogens with zero attached hydrogens (tertiary/aromatic N) is 1. The summed E-state index contributed by atoms with van der Waals surface area (Å²) in [5.74, 6) is 0. The number of hydrogen-bond acceptors (Lipinski definition) is 5. The normalized spacial score (nSPS) is 18.9. The van der Waals surface area contributed by atoms with E-state index in [4.69, 9.17) is 0 Å². The molecular weight excluding hydrogens is 276 g/mol. The van der Waals surface area contributed by atoms with Crippen molar-refractivity contribution in [1.82, 2.24) is 10.4 Å². The number of piperidine rings is 1. The Hall–Kier alpha value is -0.950. The molecule has 6 heteroatoms. The maximum absolute atomic E-state index is 11.4. The molecule has 1 fully saturated rings. The van der Waals surface area contributed by atoms with Crippen LogP contribution in [0, 0.1) is 0 Å². The average Bonchev–Trinajstić information content (AvgIpc) is 2.45. The Balaban J connectivity index is 1.90. The fraction of sp³-hybridized carbons (Fsp3) is 0.571. The molecule has 5 nitrogen and oxygen atoms in total. The summed E-state index contributed by atoms with van der Waals surface area (Å²) in [6.45, 7) is 2.47. The van der Waals surface area contributed by atoms with E-state index in [1.165, 1.54) is 37.7 Å². The molecule has 1 aromatic carbocycles. The van der Waals surface area contributed by atoms with Gasteiger partial charge in [-0.15, -0.1) is 0 Å². The monoisotopic (exact) mass is 298 g/mol. The molecule has 1 heterocycles. The minimum atomic E-state index is -3.18. The van der Waals surface area contributed by atoms with E-state index in [2.05, 4.69) is 10.4 Å². The Bertz CT molecular complexity index is 522. The van der Waals surface area contributed by atoms with E-state index in [1.54, 1.807) is 12.1 Å². The van der Waals surface area contributed by atoms with Crippen LogP contribution in [0.15, 0.2) is 29.2 Å². The molecule has 1 aliphatic heterocycles. The van der Waals surface area contributed by atoms with Gasteiger partial charge >= 0.3 is 0 Å². The van der Waals surface area contributed by atoms with Crippen LogP contribution in [-0.4, -0.2) is 44.4 Å². The zero-order valence-electron chi connectivity index (χ0n) is 11.7. The van der Waals surface area contributed by atoms with E-state index in [1.807, 2.05) is 0 Å². The van der Waals surface area contributed by atoms with Gasteiger partial charge < -0.3 is 5.11 Å². The number of aliphatic hydroxyl groups excluding tert-OH is 1. The summed E-state index contributed by atoms with van der Waals surface area (Å²) >= 11 is 0. The number of sulfone groups is 1. The highest BCUT2D eigenvalue weighted by Gasteiger charge is 2.14. The molecule has 0 amide bonds. The number of nitrogens with one attached hydrogen (secondary N) is 1. The maximum atomic E-state index is 11.4. The molecule has 2 N–H and O–H groups in total. The Morgan fingerprint density at radius 2 is 1.80 bits per heavy atom. The minimum Gasteiger partial charge on any atom is -0.387 e. The van der Waals surface area contributed by atoms with Gasteiger partial charge in [0.15, 0.2) is 9.84 Å². The van der Waals surface area contributed by atoms with Crippen molar-refractivity contribution in [2.24, 2.45) is 0 Å². The lowest BCUT2D eigenvalue weighted by atomic mass is 10.1. The average molecular weight is 298 g/mol. The number of benzene rings is 1. The van der Waals surface area contributed by atoms with Gasteiger partial charge in [-0.1, -0.05) is 18.6 Å². The molecule has 20 heavy (non-hydrogen) atoms. The van der Waals surface area contributed by atoms with E-state index >= 15 is 0 Å². The Morgan fingerprint density at radius 1 is 1.20 bits per heavy atom. The van der Waals surface area contributed by atoms with Gasteiger partial charge in [-0.05, 0) is 30.5 Å². The standard InChI is InChI=1S/C14H22N2O3S/c1-20(18,19)13-7-5-12(6-8-13)14(17)11-15-16-9-3-2-4-10-16/h5-8,14-15,17H,2-4,9-11H2,1H3. The second-order valence-corrected chi connectivity index (χ2v) is 7.28. The van der Waals surface area contributed by atoms with Crippen LogP contribution in [0.25, 0.3) is 0 Å². The van der Waals surface area contributed by atoms with E-state index in [-0.39, 0.29) is 4.90 Å². The van der Waals surface area contributed by atoms with Crippen molar-refractivity contribution in [2.75, 3.05) is 25.9 Å². The highest BCUT2D eigenvalue weighted by Crippen LogP contribution is 2.16. The quantitative estimate of drug-likeness (QED) is 0.852. The van der Waals surface area contributed by atoms with Crippen LogP contribution in [-0.2, 0) is 9.84 Å².